The summed E-state index contributed by atoms with van der Waals surface area (Å²) >= 11 is 0. The van der Waals surface area contributed by atoms with Crippen molar-refractivity contribution in [3.8, 4) is 11.5 Å². The Balaban J connectivity index is 2.11. The minimum atomic E-state index is -1.03. The number of rotatable bonds is 2. The Morgan fingerprint density at radius 3 is 2.74 bits per heavy atom. The SMILES string of the molecule is Cc1cnc(-c2nc3ncc(C(=O)O)cc3[nH]2)cn1. The lowest BCUT2D eigenvalue weighted by Gasteiger charge is -1.94. The molecule has 3 heterocycles. The van der Waals surface area contributed by atoms with Crippen LogP contribution >= 0.6 is 0 Å². The Bertz CT molecular complexity index is 763. The van der Waals surface area contributed by atoms with Crippen LogP contribution in [0.3, 0.4) is 0 Å². The van der Waals surface area contributed by atoms with Crippen LogP contribution in [0, 0.1) is 6.92 Å². The Morgan fingerprint density at radius 1 is 1.21 bits per heavy atom. The number of pyridine rings is 1. The van der Waals surface area contributed by atoms with E-state index in [2.05, 4.69) is 24.9 Å². The minimum Gasteiger partial charge on any atom is -0.478 e. The molecule has 0 amide bonds. The van der Waals surface area contributed by atoms with Gasteiger partial charge in [0.25, 0.3) is 0 Å². The van der Waals surface area contributed by atoms with Crippen LogP contribution < -0.4 is 0 Å². The normalized spacial score (nSPS) is 10.8. The highest BCUT2D eigenvalue weighted by molar-refractivity contribution is 5.91. The molecule has 0 radical (unpaired) electrons. The number of aromatic carboxylic acids is 1. The van der Waals surface area contributed by atoms with Crippen molar-refractivity contribution in [1.82, 2.24) is 24.9 Å². The molecule has 3 aromatic rings. The van der Waals surface area contributed by atoms with E-state index in [0.717, 1.165) is 5.69 Å². The highest BCUT2D eigenvalue weighted by Gasteiger charge is 2.10. The van der Waals surface area contributed by atoms with Gasteiger partial charge in [0, 0.05) is 12.4 Å². The van der Waals surface area contributed by atoms with Gasteiger partial charge in [0.15, 0.2) is 11.5 Å². The summed E-state index contributed by atoms with van der Waals surface area (Å²) in [5, 5.41) is 8.90. The first-order chi connectivity index (χ1) is 9.13. The first-order valence-electron chi connectivity index (χ1n) is 5.51. The average Bonchev–Trinajstić information content (AvgIpc) is 2.82. The average molecular weight is 255 g/mol. The molecule has 0 fully saturated rings. The number of fused-ring (bicyclic) bond motifs is 1. The number of aromatic amines is 1. The highest BCUT2D eigenvalue weighted by atomic mass is 16.4. The van der Waals surface area contributed by atoms with E-state index in [1.807, 2.05) is 6.92 Å². The highest BCUT2D eigenvalue weighted by Crippen LogP contribution is 2.17. The third kappa shape index (κ3) is 2.01. The van der Waals surface area contributed by atoms with Crippen molar-refractivity contribution < 1.29 is 9.90 Å². The van der Waals surface area contributed by atoms with E-state index in [4.69, 9.17) is 5.11 Å². The van der Waals surface area contributed by atoms with Gasteiger partial charge in [0.1, 0.15) is 5.69 Å². The zero-order valence-electron chi connectivity index (χ0n) is 9.95. The zero-order chi connectivity index (χ0) is 13.4. The largest absolute Gasteiger partial charge is 0.478 e. The quantitative estimate of drug-likeness (QED) is 0.717. The molecule has 2 N–H and O–H groups in total. The van der Waals surface area contributed by atoms with Crippen molar-refractivity contribution in [2.24, 2.45) is 0 Å². The van der Waals surface area contributed by atoms with Gasteiger partial charge in [-0.05, 0) is 13.0 Å². The van der Waals surface area contributed by atoms with Crippen molar-refractivity contribution in [3.63, 3.8) is 0 Å². The molecule has 0 saturated heterocycles. The number of H-pyrrole nitrogens is 1. The van der Waals surface area contributed by atoms with E-state index in [1.54, 1.807) is 12.4 Å². The lowest BCUT2D eigenvalue weighted by Crippen LogP contribution is -1.96. The van der Waals surface area contributed by atoms with Gasteiger partial charge in [-0.15, -0.1) is 0 Å². The fourth-order valence-electron chi connectivity index (χ4n) is 1.65. The molecule has 0 bridgehead atoms. The van der Waals surface area contributed by atoms with E-state index in [1.165, 1.54) is 12.3 Å². The van der Waals surface area contributed by atoms with Gasteiger partial charge in [-0.25, -0.2) is 19.7 Å². The van der Waals surface area contributed by atoms with E-state index >= 15 is 0 Å². The summed E-state index contributed by atoms with van der Waals surface area (Å²) in [7, 11) is 0. The fourth-order valence-corrected chi connectivity index (χ4v) is 1.65. The number of nitrogens with one attached hydrogen (secondary N) is 1. The van der Waals surface area contributed by atoms with Gasteiger partial charge < -0.3 is 10.1 Å². The summed E-state index contributed by atoms with van der Waals surface area (Å²) in [5.74, 6) is -0.516. The second-order valence-electron chi connectivity index (χ2n) is 4.03. The molecule has 19 heavy (non-hydrogen) atoms. The molecule has 0 spiro atoms. The van der Waals surface area contributed by atoms with Gasteiger partial charge in [-0.2, -0.15) is 0 Å². The summed E-state index contributed by atoms with van der Waals surface area (Å²) in [5.41, 5.74) is 2.50. The Labute approximate surface area is 107 Å². The fraction of sp³-hybridized carbons (Fsp3) is 0.0833. The van der Waals surface area contributed by atoms with Gasteiger partial charge >= 0.3 is 5.97 Å². The summed E-state index contributed by atoms with van der Waals surface area (Å²) < 4.78 is 0. The number of imidazole rings is 1. The maximum Gasteiger partial charge on any atom is 0.337 e. The first-order valence-corrected chi connectivity index (χ1v) is 5.51. The molecule has 0 saturated carbocycles. The number of carboxylic acids is 1. The molecule has 0 aliphatic heterocycles. The van der Waals surface area contributed by atoms with E-state index in [-0.39, 0.29) is 5.56 Å². The lowest BCUT2D eigenvalue weighted by atomic mass is 10.3. The van der Waals surface area contributed by atoms with Crippen molar-refractivity contribution in [1.29, 1.82) is 0 Å². The Morgan fingerprint density at radius 2 is 2.05 bits per heavy atom. The van der Waals surface area contributed by atoms with Crippen LogP contribution in [0.15, 0.2) is 24.7 Å². The third-order valence-electron chi connectivity index (χ3n) is 2.61. The van der Waals surface area contributed by atoms with Gasteiger partial charge in [-0.1, -0.05) is 0 Å². The molecule has 94 valence electrons. The topological polar surface area (TPSA) is 105 Å². The minimum absolute atomic E-state index is 0.109. The molecular formula is C12H9N5O2. The molecule has 3 aromatic heterocycles. The summed E-state index contributed by atoms with van der Waals surface area (Å²) in [6.07, 6.45) is 4.51. The van der Waals surface area contributed by atoms with Crippen molar-refractivity contribution in [2.45, 2.75) is 6.92 Å². The maximum atomic E-state index is 10.9. The monoisotopic (exact) mass is 255 g/mol. The number of aryl methyl sites for hydroxylation is 1. The van der Waals surface area contributed by atoms with Crippen molar-refractivity contribution >= 4 is 17.1 Å². The molecular weight excluding hydrogens is 246 g/mol. The first kappa shape index (κ1) is 11.3. The second kappa shape index (κ2) is 4.13. The van der Waals surface area contributed by atoms with Crippen LogP contribution in [0.2, 0.25) is 0 Å². The van der Waals surface area contributed by atoms with Crippen molar-refractivity contribution in [2.75, 3.05) is 0 Å². The number of nitrogens with zero attached hydrogens (tertiary/aromatic N) is 4. The van der Waals surface area contributed by atoms with Gasteiger partial charge in [0.2, 0.25) is 0 Å². The van der Waals surface area contributed by atoms with Crippen LogP contribution in [0.1, 0.15) is 16.1 Å². The lowest BCUT2D eigenvalue weighted by molar-refractivity contribution is 0.0696. The summed E-state index contributed by atoms with van der Waals surface area (Å²) in [6, 6.07) is 1.49. The predicted octanol–water partition coefficient (Wildman–Crippen LogP) is 1.42. The van der Waals surface area contributed by atoms with E-state index in [9.17, 15) is 4.79 Å². The third-order valence-corrected chi connectivity index (χ3v) is 2.61. The Kier molecular flexibility index (Phi) is 2.45. The Hall–Kier alpha value is -2.83. The molecule has 0 atom stereocenters. The standard InChI is InChI=1S/C12H9N5O2/c1-6-3-14-9(5-13-6)11-16-8-2-7(12(18)19)4-15-10(8)17-11/h2-5H,1H3,(H,18,19)(H,15,16,17). The molecule has 7 nitrogen and oxygen atoms in total. The molecule has 3 rings (SSSR count). The van der Waals surface area contributed by atoms with Crippen LogP contribution in [0.5, 0.6) is 0 Å². The number of aromatic nitrogens is 5. The number of carbonyl (C=O) groups is 1. The zero-order valence-corrected chi connectivity index (χ0v) is 9.95. The van der Waals surface area contributed by atoms with Gasteiger partial charge in [0.05, 0.1) is 23.0 Å². The number of hydrogen-bond acceptors (Lipinski definition) is 5. The van der Waals surface area contributed by atoms with E-state index < -0.39 is 5.97 Å². The van der Waals surface area contributed by atoms with Gasteiger partial charge in [-0.3, -0.25) is 4.98 Å². The summed E-state index contributed by atoms with van der Waals surface area (Å²) in [4.78, 5) is 30.4. The van der Waals surface area contributed by atoms with Crippen molar-refractivity contribution in [3.05, 3.63) is 35.9 Å². The number of hydrogen-bond donors (Lipinski definition) is 2. The second-order valence-corrected chi connectivity index (χ2v) is 4.03. The maximum absolute atomic E-state index is 10.9. The molecule has 0 aliphatic carbocycles. The molecule has 0 unspecified atom stereocenters. The van der Waals surface area contributed by atoms with Crippen LogP contribution in [-0.2, 0) is 0 Å². The number of carboxylic acid groups (broad SMARTS) is 1. The summed E-state index contributed by atoms with van der Waals surface area (Å²) in [6.45, 7) is 1.84. The van der Waals surface area contributed by atoms with Crippen LogP contribution in [0.25, 0.3) is 22.7 Å². The van der Waals surface area contributed by atoms with E-state index in [0.29, 0.717) is 22.7 Å². The molecule has 0 aliphatic rings. The molecule has 7 heteroatoms. The van der Waals surface area contributed by atoms with Crippen LogP contribution in [-0.4, -0.2) is 36.0 Å². The molecule has 0 aromatic carbocycles. The smallest absolute Gasteiger partial charge is 0.337 e. The van der Waals surface area contributed by atoms with Crippen LogP contribution in [0.4, 0.5) is 0 Å². The predicted molar refractivity (Wildman–Crippen MR) is 66.6 cm³/mol.